The fourth-order valence-electron chi connectivity index (χ4n) is 2.31. The van der Waals surface area contributed by atoms with Crippen LogP contribution in [-0.2, 0) is 16.0 Å². The molecular formula is C15H14F2N2O2S. The Kier molecular flexibility index (Phi) is 4.44. The zero-order chi connectivity index (χ0) is 15.5. The molecule has 7 heteroatoms. The molecule has 2 aromatic rings. The Morgan fingerprint density at radius 1 is 1.36 bits per heavy atom. The van der Waals surface area contributed by atoms with E-state index in [1.807, 2.05) is 0 Å². The molecule has 1 aromatic carbocycles. The van der Waals surface area contributed by atoms with Gasteiger partial charge in [-0.3, -0.25) is 4.79 Å². The number of nitrogens with zero attached hydrogens (tertiary/aromatic N) is 1. The second kappa shape index (κ2) is 6.50. The first-order valence-corrected chi connectivity index (χ1v) is 7.70. The van der Waals surface area contributed by atoms with Gasteiger partial charge in [-0.2, -0.15) is 0 Å². The van der Waals surface area contributed by atoms with Crippen molar-refractivity contribution in [2.24, 2.45) is 5.92 Å². The SMILES string of the molecule is O=C(Nc1ncc(Cc2cc(F)cc(F)c2)s1)C1CCOC1. The molecule has 1 atom stereocenters. The molecule has 22 heavy (non-hydrogen) atoms. The van der Waals surface area contributed by atoms with Gasteiger partial charge in [0, 0.05) is 30.2 Å². The van der Waals surface area contributed by atoms with Crippen LogP contribution in [0.5, 0.6) is 0 Å². The number of amides is 1. The summed E-state index contributed by atoms with van der Waals surface area (Å²) < 4.78 is 31.5. The third kappa shape index (κ3) is 3.66. The molecule has 2 heterocycles. The molecule has 3 rings (SSSR count). The Morgan fingerprint density at radius 3 is 2.82 bits per heavy atom. The van der Waals surface area contributed by atoms with E-state index in [1.54, 1.807) is 6.20 Å². The molecule has 1 aliphatic rings. The van der Waals surface area contributed by atoms with Crippen LogP contribution in [0.1, 0.15) is 16.9 Å². The number of carbonyl (C=O) groups is 1. The standard InChI is InChI=1S/C15H14F2N2O2S/c16-11-3-9(4-12(17)6-11)5-13-7-18-15(22-13)19-14(20)10-1-2-21-8-10/h3-4,6-7,10H,1-2,5,8H2,(H,18,19,20). The van der Waals surface area contributed by atoms with E-state index in [0.717, 1.165) is 10.9 Å². The van der Waals surface area contributed by atoms with Crippen molar-refractivity contribution >= 4 is 22.4 Å². The summed E-state index contributed by atoms with van der Waals surface area (Å²) in [7, 11) is 0. The lowest BCUT2D eigenvalue weighted by Crippen LogP contribution is -2.22. The van der Waals surface area contributed by atoms with Gasteiger partial charge < -0.3 is 10.1 Å². The molecule has 1 aromatic heterocycles. The Morgan fingerprint density at radius 2 is 2.14 bits per heavy atom. The second-order valence-electron chi connectivity index (χ2n) is 5.14. The van der Waals surface area contributed by atoms with Gasteiger partial charge in [0.15, 0.2) is 5.13 Å². The molecule has 0 aliphatic carbocycles. The summed E-state index contributed by atoms with van der Waals surface area (Å²) in [5, 5.41) is 3.24. The average Bonchev–Trinajstić information content (AvgIpc) is 3.09. The smallest absolute Gasteiger partial charge is 0.231 e. The summed E-state index contributed by atoms with van der Waals surface area (Å²) in [4.78, 5) is 16.9. The van der Waals surface area contributed by atoms with Crippen LogP contribution in [0.15, 0.2) is 24.4 Å². The van der Waals surface area contributed by atoms with Gasteiger partial charge in [0.25, 0.3) is 0 Å². The Hall–Kier alpha value is -1.86. The van der Waals surface area contributed by atoms with E-state index in [0.29, 0.717) is 36.8 Å². The molecule has 1 N–H and O–H groups in total. The first-order chi connectivity index (χ1) is 10.6. The number of aromatic nitrogens is 1. The molecule has 1 aliphatic heterocycles. The number of hydrogen-bond donors (Lipinski definition) is 1. The molecular weight excluding hydrogens is 310 g/mol. The molecule has 4 nitrogen and oxygen atoms in total. The Balaban J connectivity index is 1.64. The van der Waals surface area contributed by atoms with Crippen molar-refractivity contribution in [3.63, 3.8) is 0 Å². The fraction of sp³-hybridized carbons (Fsp3) is 0.333. The highest BCUT2D eigenvalue weighted by atomic mass is 32.1. The lowest BCUT2D eigenvalue weighted by atomic mass is 10.1. The van der Waals surface area contributed by atoms with E-state index in [1.165, 1.54) is 23.5 Å². The highest BCUT2D eigenvalue weighted by molar-refractivity contribution is 7.15. The van der Waals surface area contributed by atoms with Crippen molar-refractivity contribution in [1.82, 2.24) is 4.98 Å². The Bertz CT molecular complexity index is 664. The number of ether oxygens (including phenoxy) is 1. The summed E-state index contributed by atoms with van der Waals surface area (Å²) in [6.45, 7) is 1.04. The number of nitrogens with one attached hydrogen (secondary N) is 1. The molecule has 0 radical (unpaired) electrons. The maximum atomic E-state index is 13.2. The average molecular weight is 324 g/mol. The van der Waals surface area contributed by atoms with E-state index in [-0.39, 0.29) is 11.8 Å². The van der Waals surface area contributed by atoms with Gasteiger partial charge in [-0.15, -0.1) is 11.3 Å². The first kappa shape index (κ1) is 15.1. The van der Waals surface area contributed by atoms with Gasteiger partial charge in [0.2, 0.25) is 5.91 Å². The van der Waals surface area contributed by atoms with Gasteiger partial charge in [-0.05, 0) is 24.1 Å². The third-order valence-corrected chi connectivity index (χ3v) is 4.30. The normalized spacial score (nSPS) is 17.6. The monoisotopic (exact) mass is 324 g/mol. The lowest BCUT2D eigenvalue weighted by molar-refractivity contribution is -0.119. The molecule has 116 valence electrons. The summed E-state index contributed by atoms with van der Waals surface area (Å²) in [6, 6.07) is 3.42. The van der Waals surface area contributed by atoms with Gasteiger partial charge in [-0.25, -0.2) is 13.8 Å². The van der Waals surface area contributed by atoms with Gasteiger partial charge in [0.05, 0.1) is 12.5 Å². The van der Waals surface area contributed by atoms with Crippen molar-refractivity contribution < 1.29 is 18.3 Å². The predicted octanol–water partition coefficient (Wildman–Crippen LogP) is 2.99. The minimum absolute atomic E-state index is 0.102. The topological polar surface area (TPSA) is 51.2 Å². The highest BCUT2D eigenvalue weighted by Crippen LogP contribution is 2.23. The zero-order valence-corrected chi connectivity index (χ0v) is 12.5. The van der Waals surface area contributed by atoms with Crippen LogP contribution in [-0.4, -0.2) is 24.1 Å². The largest absolute Gasteiger partial charge is 0.381 e. The van der Waals surface area contributed by atoms with Crippen LogP contribution in [0.3, 0.4) is 0 Å². The third-order valence-electron chi connectivity index (χ3n) is 3.38. The van der Waals surface area contributed by atoms with E-state index >= 15 is 0 Å². The molecule has 1 unspecified atom stereocenters. The van der Waals surface area contributed by atoms with Crippen molar-refractivity contribution in [1.29, 1.82) is 0 Å². The highest BCUT2D eigenvalue weighted by Gasteiger charge is 2.24. The number of hydrogen-bond acceptors (Lipinski definition) is 4. The van der Waals surface area contributed by atoms with Crippen molar-refractivity contribution in [2.45, 2.75) is 12.8 Å². The maximum absolute atomic E-state index is 13.2. The number of carbonyl (C=O) groups excluding carboxylic acids is 1. The van der Waals surface area contributed by atoms with Crippen LogP contribution >= 0.6 is 11.3 Å². The second-order valence-corrected chi connectivity index (χ2v) is 6.25. The zero-order valence-electron chi connectivity index (χ0n) is 11.6. The van der Waals surface area contributed by atoms with E-state index < -0.39 is 11.6 Å². The fourth-order valence-corrected chi connectivity index (χ4v) is 3.16. The quantitative estimate of drug-likeness (QED) is 0.941. The Labute approximate surface area is 130 Å². The molecule has 0 bridgehead atoms. The molecule has 0 spiro atoms. The maximum Gasteiger partial charge on any atom is 0.231 e. The van der Waals surface area contributed by atoms with E-state index in [9.17, 15) is 13.6 Å². The molecule has 1 fully saturated rings. The van der Waals surface area contributed by atoms with Crippen LogP contribution in [0.25, 0.3) is 0 Å². The lowest BCUT2D eigenvalue weighted by Gasteiger charge is -2.05. The summed E-state index contributed by atoms with van der Waals surface area (Å²) >= 11 is 1.30. The summed E-state index contributed by atoms with van der Waals surface area (Å²) in [5.74, 6) is -1.44. The van der Waals surface area contributed by atoms with E-state index in [4.69, 9.17) is 4.74 Å². The van der Waals surface area contributed by atoms with Crippen molar-refractivity contribution in [3.8, 4) is 0 Å². The summed E-state index contributed by atoms with van der Waals surface area (Å²) in [5.41, 5.74) is 0.531. The number of benzene rings is 1. The van der Waals surface area contributed by atoms with Crippen molar-refractivity contribution in [3.05, 3.63) is 46.5 Å². The summed E-state index contributed by atoms with van der Waals surface area (Å²) in [6.07, 6.45) is 2.69. The number of halogens is 2. The van der Waals surface area contributed by atoms with Gasteiger partial charge in [0.1, 0.15) is 11.6 Å². The van der Waals surface area contributed by atoms with Crippen molar-refractivity contribution in [2.75, 3.05) is 18.5 Å². The number of anilines is 1. The van der Waals surface area contributed by atoms with Crippen LogP contribution in [0.2, 0.25) is 0 Å². The van der Waals surface area contributed by atoms with Crippen LogP contribution < -0.4 is 5.32 Å². The molecule has 1 amide bonds. The first-order valence-electron chi connectivity index (χ1n) is 6.88. The minimum Gasteiger partial charge on any atom is -0.381 e. The van der Waals surface area contributed by atoms with Gasteiger partial charge >= 0.3 is 0 Å². The van der Waals surface area contributed by atoms with Gasteiger partial charge in [-0.1, -0.05) is 0 Å². The van der Waals surface area contributed by atoms with Crippen LogP contribution in [0.4, 0.5) is 13.9 Å². The minimum atomic E-state index is -0.603. The number of rotatable bonds is 4. The van der Waals surface area contributed by atoms with Crippen LogP contribution in [0, 0.1) is 17.6 Å². The van der Waals surface area contributed by atoms with E-state index in [2.05, 4.69) is 10.3 Å². The molecule has 1 saturated heterocycles. The molecule has 0 saturated carbocycles. The number of thiazole rings is 1. The predicted molar refractivity (Wildman–Crippen MR) is 78.8 cm³/mol.